The quantitative estimate of drug-likeness (QED) is 0.573. The molecular formula is C25H28N2O7. The molecule has 4 rings (SSSR count). The Balaban J connectivity index is 1.41. The Kier molecular flexibility index (Phi) is 7.14. The molecule has 9 nitrogen and oxygen atoms in total. The fraction of sp³-hybridized carbons (Fsp3) is 0.400. The number of rotatable bonds is 8. The number of benzene rings is 2. The van der Waals surface area contributed by atoms with Crippen LogP contribution in [0, 0.1) is 0 Å². The lowest BCUT2D eigenvalue weighted by atomic mass is 9.86. The zero-order chi connectivity index (χ0) is 24.1. The molecule has 2 amide bonds. The zero-order valence-corrected chi connectivity index (χ0v) is 19.0. The second-order valence-electron chi connectivity index (χ2n) is 8.58. The van der Waals surface area contributed by atoms with Gasteiger partial charge in [-0.15, -0.1) is 0 Å². The maximum atomic E-state index is 12.9. The molecule has 180 valence electrons. The molecule has 1 heterocycles. The van der Waals surface area contributed by atoms with Crippen molar-refractivity contribution in [2.24, 2.45) is 0 Å². The smallest absolute Gasteiger partial charge is 0.407 e. The van der Waals surface area contributed by atoms with Crippen LogP contribution in [0.15, 0.2) is 48.5 Å². The number of fused-ring (bicyclic) bond motifs is 3. The lowest BCUT2D eigenvalue weighted by molar-refractivity contribution is -0.187. The summed E-state index contributed by atoms with van der Waals surface area (Å²) in [6, 6.07) is 16.2. The maximum Gasteiger partial charge on any atom is 0.407 e. The van der Waals surface area contributed by atoms with E-state index in [1.807, 2.05) is 36.4 Å². The summed E-state index contributed by atoms with van der Waals surface area (Å²) in [4.78, 5) is 41.1. The number of aliphatic carboxylic acids is 1. The summed E-state index contributed by atoms with van der Waals surface area (Å²) < 4.78 is 11.1. The van der Waals surface area contributed by atoms with Crippen molar-refractivity contribution in [1.82, 2.24) is 10.4 Å². The third kappa shape index (κ3) is 5.21. The van der Waals surface area contributed by atoms with E-state index in [9.17, 15) is 14.4 Å². The van der Waals surface area contributed by atoms with Crippen molar-refractivity contribution in [3.8, 4) is 11.1 Å². The van der Waals surface area contributed by atoms with E-state index in [1.54, 1.807) is 0 Å². The minimum atomic E-state index is -1.18. The predicted octanol–water partition coefficient (Wildman–Crippen LogP) is 2.94. The van der Waals surface area contributed by atoms with Gasteiger partial charge in [0.1, 0.15) is 6.61 Å². The van der Waals surface area contributed by atoms with Gasteiger partial charge in [-0.25, -0.2) is 14.7 Å². The maximum absolute atomic E-state index is 12.9. The molecule has 0 aromatic heterocycles. The van der Waals surface area contributed by atoms with Crippen LogP contribution in [0.3, 0.4) is 0 Å². The molecule has 0 atom stereocenters. The Bertz CT molecular complexity index is 1020. The van der Waals surface area contributed by atoms with Crippen molar-refractivity contribution in [2.45, 2.75) is 30.7 Å². The second-order valence-corrected chi connectivity index (χ2v) is 8.58. The van der Waals surface area contributed by atoms with Gasteiger partial charge >= 0.3 is 12.1 Å². The van der Waals surface area contributed by atoms with E-state index in [1.165, 1.54) is 7.05 Å². The number of carboxylic acid groups (broad SMARTS) is 1. The Morgan fingerprint density at radius 2 is 1.65 bits per heavy atom. The largest absolute Gasteiger partial charge is 0.479 e. The number of hydrogen-bond acceptors (Lipinski definition) is 6. The van der Waals surface area contributed by atoms with Crippen molar-refractivity contribution < 1.29 is 33.8 Å². The molecule has 2 aliphatic rings. The Hall–Kier alpha value is -3.43. The van der Waals surface area contributed by atoms with Gasteiger partial charge in [-0.05, 0) is 35.1 Å². The summed E-state index contributed by atoms with van der Waals surface area (Å²) in [7, 11) is 1.35. The molecule has 1 aliphatic carbocycles. The molecule has 0 saturated carbocycles. The van der Waals surface area contributed by atoms with Crippen LogP contribution in [0.5, 0.6) is 0 Å². The third-order valence-corrected chi connectivity index (χ3v) is 6.38. The van der Waals surface area contributed by atoms with Crippen LogP contribution in [0.25, 0.3) is 11.1 Å². The van der Waals surface area contributed by atoms with E-state index >= 15 is 0 Å². The summed E-state index contributed by atoms with van der Waals surface area (Å²) in [6.45, 7) is 0.313. The molecule has 1 fully saturated rings. The van der Waals surface area contributed by atoms with Crippen molar-refractivity contribution in [3.63, 3.8) is 0 Å². The van der Waals surface area contributed by atoms with E-state index < -0.39 is 30.1 Å². The minimum Gasteiger partial charge on any atom is -0.479 e. The lowest BCUT2D eigenvalue weighted by Crippen LogP contribution is -2.54. The molecule has 1 saturated heterocycles. The SMILES string of the molecule is CN(OCC(=O)O)C(=O)CC1(NC(=O)OCC2c3ccccc3-c3ccccc32)CCOCC1. The molecule has 0 spiro atoms. The number of nitrogens with zero attached hydrogens (tertiary/aromatic N) is 1. The van der Waals surface area contributed by atoms with Crippen LogP contribution in [0.1, 0.15) is 36.3 Å². The molecule has 0 radical (unpaired) electrons. The first-order valence-electron chi connectivity index (χ1n) is 11.2. The van der Waals surface area contributed by atoms with E-state index in [4.69, 9.17) is 19.4 Å². The van der Waals surface area contributed by atoms with Crippen molar-refractivity contribution in [2.75, 3.05) is 33.5 Å². The van der Waals surface area contributed by atoms with Crippen molar-refractivity contribution in [3.05, 3.63) is 59.7 Å². The predicted molar refractivity (Wildman–Crippen MR) is 122 cm³/mol. The second kappa shape index (κ2) is 10.2. The molecule has 2 aromatic rings. The van der Waals surface area contributed by atoms with Crippen LogP contribution < -0.4 is 5.32 Å². The van der Waals surface area contributed by atoms with Gasteiger partial charge in [0.2, 0.25) is 5.91 Å². The number of hydroxylamine groups is 2. The molecule has 0 unspecified atom stereocenters. The number of carbonyl (C=O) groups excluding carboxylic acids is 2. The normalized spacial score (nSPS) is 16.3. The average Bonchev–Trinajstić information content (AvgIpc) is 3.15. The average molecular weight is 469 g/mol. The van der Waals surface area contributed by atoms with E-state index in [2.05, 4.69) is 17.4 Å². The third-order valence-electron chi connectivity index (χ3n) is 6.38. The van der Waals surface area contributed by atoms with Gasteiger partial charge in [0.25, 0.3) is 0 Å². The highest BCUT2D eigenvalue weighted by Gasteiger charge is 2.38. The topological polar surface area (TPSA) is 114 Å². The molecule has 9 heteroatoms. The highest BCUT2D eigenvalue weighted by molar-refractivity contribution is 5.80. The number of carbonyl (C=O) groups is 3. The van der Waals surface area contributed by atoms with Crippen LogP contribution >= 0.6 is 0 Å². The van der Waals surface area contributed by atoms with Gasteiger partial charge in [-0.3, -0.25) is 9.63 Å². The van der Waals surface area contributed by atoms with E-state index in [0.29, 0.717) is 26.1 Å². The fourth-order valence-corrected chi connectivity index (χ4v) is 4.58. The van der Waals surface area contributed by atoms with Gasteiger partial charge in [0.05, 0.1) is 12.0 Å². The van der Waals surface area contributed by atoms with Gasteiger partial charge < -0.3 is 19.9 Å². The Morgan fingerprint density at radius 1 is 1.06 bits per heavy atom. The monoisotopic (exact) mass is 468 g/mol. The summed E-state index contributed by atoms with van der Waals surface area (Å²) in [5, 5.41) is 12.5. The van der Waals surface area contributed by atoms with Gasteiger partial charge in [0.15, 0.2) is 6.61 Å². The molecule has 0 bridgehead atoms. The summed E-state index contributed by atoms with van der Waals surface area (Å²) in [5.41, 5.74) is 3.65. The summed E-state index contributed by atoms with van der Waals surface area (Å²) in [5.74, 6) is -1.69. The highest BCUT2D eigenvalue weighted by Crippen LogP contribution is 2.44. The fourth-order valence-electron chi connectivity index (χ4n) is 4.58. The standard InChI is InChI=1S/C25H28N2O7/c1-27(34-16-23(29)30)22(28)14-25(10-12-32-13-11-25)26-24(31)33-15-21-19-8-4-2-6-17(19)18-7-3-5-9-20(18)21/h2-9,21H,10-16H2,1H3,(H,26,31)(H,29,30). The Labute approximate surface area is 197 Å². The summed E-state index contributed by atoms with van der Waals surface area (Å²) in [6.07, 6.45) is 0.188. The number of carboxylic acids is 1. The minimum absolute atomic E-state index is 0.0589. The molecule has 2 aromatic carbocycles. The number of alkyl carbamates (subject to hydrolysis) is 1. The zero-order valence-electron chi connectivity index (χ0n) is 19.0. The van der Waals surface area contributed by atoms with Crippen LogP contribution in [0.2, 0.25) is 0 Å². The molecule has 34 heavy (non-hydrogen) atoms. The van der Waals surface area contributed by atoms with Crippen LogP contribution in [0.4, 0.5) is 4.79 Å². The molecule has 2 N–H and O–H groups in total. The van der Waals surface area contributed by atoms with Gasteiger partial charge in [-0.1, -0.05) is 48.5 Å². The first-order chi connectivity index (χ1) is 16.4. The van der Waals surface area contributed by atoms with Gasteiger partial charge in [0, 0.05) is 26.2 Å². The molecule has 1 aliphatic heterocycles. The lowest BCUT2D eigenvalue weighted by Gasteiger charge is -2.37. The first-order valence-corrected chi connectivity index (χ1v) is 11.2. The number of hydrogen-bond donors (Lipinski definition) is 2. The number of nitrogens with one attached hydrogen (secondary N) is 1. The number of ether oxygens (including phenoxy) is 2. The van der Waals surface area contributed by atoms with Crippen LogP contribution in [-0.2, 0) is 23.9 Å². The first kappa shape index (κ1) is 23.7. The molecular weight excluding hydrogens is 440 g/mol. The highest BCUT2D eigenvalue weighted by atomic mass is 16.7. The van der Waals surface area contributed by atoms with Crippen molar-refractivity contribution in [1.29, 1.82) is 0 Å². The van der Waals surface area contributed by atoms with Gasteiger partial charge in [-0.2, -0.15) is 0 Å². The Morgan fingerprint density at radius 3 is 2.24 bits per heavy atom. The van der Waals surface area contributed by atoms with Crippen LogP contribution in [-0.4, -0.2) is 67.2 Å². The van der Waals surface area contributed by atoms with Crippen molar-refractivity contribution >= 4 is 18.0 Å². The van der Waals surface area contributed by atoms with E-state index in [0.717, 1.165) is 27.3 Å². The summed E-state index contributed by atoms with van der Waals surface area (Å²) >= 11 is 0. The number of amides is 2. The van der Waals surface area contributed by atoms with E-state index in [-0.39, 0.29) is 18.9 Å².